The number of furan rings is 1. The molecule has 0 bridgehead atoms. The minimum Gasteiger partial charge on any atom is -0.397 e. The first-order valence-electron chi connectivity index (χ1n) is 4.86. The van der Waals surface area contributed by atoms with Crippen LogP contribution < -0.4 is 0 Å². The maximum absolute atomic E-state index is 10.4. The SMILES string of the molecule is CCCc1nc(-c2ccc([N+](=O)[O-])o2)n[nH]1. The summed E-state index contributed by atoms with van der Waals surface area (Å²) < 4.78 is 4.98. The molecule has 2 rings (SSSR count). The molecule has 1 N–H and O–H groups in total. The van der Waals surface area contributed by atoms with Gasteiger partial charge in [-0.05, 0) is 12.5 Å². The molecule has 0 aliphatic heterocycles. The Morgan fingerprint density at radius 1 is 1.56 bits per heavy atom. The van der Waals surface area contributed by atoms with Gasteiger partial charge in [0.1, 0.15) is 10.7 Å². The summed E-state index contributed by atoms with van der Waals surface area (Å²) in [6.45, 7) is 2.03. The van der Waals surface area contributed by atoms with Crippen LogP contribution in [0.2, 0.25) is 0 Å². The monoisotopic (exact) mass is 222 g/mol. The second kappa shape index (κ2) is 4.13. The number of rotatable bonds is 4. The topological polar surface area (TPSA) is 97.8 Å². The molecule has 0 saturated heterocycles. The zero-order chi connectivity index (χ0) is 11.5. The molecule has 0 spiro atoms. The minimum absolute atomic E-state index is 0.297. The van der Waals surface area contributed by atoms with Crippen LogP contribution in [-0.2, 0) is 6.42 Å². The van der Waals surface area contributed by atoms with Crippen LogP contribution in [0, 0.1) is 10.1 Å². The third-order valence-corrected chi connectivity index (χ3v) is 2.01. The van der Waals surface area contributed by atoms with Crippen molar-refractivity contribution in [3.05, 3.63) is 28.1 Å². The lowest BCUT2D eigenvalue weighted by atomic mass is 10.3. The summed E-state index contributed by atoms with van der Waals surface area (Å²) in [5, 5.41) is 17.1. The van der Waals surface area contributed by atoms with Crippen molar-refractivity contribution in [2.75, 3.05) is 0 Å². The van der Waals surface area contributed by atoms with Crippen molar-refractivity contribution in [3.8, 4) is 11.6 Å². The molecule has 7 heteroatoms. The molecule has 0 aromatic carbocycles. The maximum Gasteiger partial charge on any atom is 0.433 e. The molecule has 2 aromatic heterocycles. The van der Waals surface area contributed by atoms with Gasteiger partial charge in [-0.15, -0.1) is 0 Å². The maximum atomic E-state index is 10.4. The van der Waals surface area contributed by atoms with Crippen LogP contribution in [0.5, 0.6) is 0 Å². The number of nitrogens with zero attached hydrogens (tertiary/aromatic N) is 3. The third kappa shape index (κ3) is 1.92. The minimum atomic E-state index is -0.594. The lowest BCUT2D eigenvalue weighted by Gasteiger charge is -1.87. The molecule has 0 radical (unpaired) electrons. The summed E-state index contributed by atoms with van der Waals surface area (Å²) in [6, 6.07) is 2.77. The van der Waals surface area contributed by atoms with Gasteiger partial charge in [0.05, 0.1) is 6.07 Å². The molecular formula is C9H10N4O3. The highest BCUT2D eigenvalue weighted by molar-refractivity contribution is 5.48. The van der Waals surface area contributed by atoms with E-state index < -0.39 is 4.92 Å². The first-order chi connectivity index (χ1) is 7.70. The van der Waals surface area contributed by atoms with Gasteiger partial charge in [-0.2, -0.15) is 5.10 Å². The third-order valence-electron chi connectivity index (χ3n) is 2.01. The van der Waals surface area contributed by atoms with Crippen LogP contribution in [0.4, 0.5) is 5.88 Å². The predicted octanol–water partition coefficient (Wildman–Crippen LogP) is 1.93. The highest BCUT2D eigenvalue weighted by Crippen LogP contribution is 2.23. The van der Waals surface area contributed by atoms with Crippen molar-refractivity contribution < 1.29 is 9.34 Å². The molecule has 0 amide bonds. The molecule has 0 aliphatic rings. The standard InChI is InChI=1S/C9H10N4O3/c1-2-3-7-10-9(12-11-7)6-4-5-8(16-6)13(14)15/h4-5H,2-3H2,1H3,(H,10,11,12). The van der Waals surface area contributed by atoms with Crippen molar-refractivity contribution in [1.82, 2.24) is 15.2 Å². The van der Waals surface area contributed by atoms with E-state index in [1.54, 1.807) is 0 Å². The van der Waals surface area contributed by atoms with E-state index in [0.717, 1.165) is 18.7 Å². The number of H-pyrrole nitrogens is 1. The summed E-state index contributed by atoms with van der Waals surface area (Å²) in [5.74, 6) is 1.08. The number of aromatic nitrogens is 3. The summed E-state index contributed by atoms with van der Waals surface area (Å²) in [5.41, 5.74) is 0. The fourth-order valence-corrected chi connectivity index (χ4v) is 1.30. The predicted molar refractivity (Wildman–Crippen MR) is 54.7 cm³/mol. The van der Waals surface area contributed by atoms with Gasteiger partial charge in [0.25, 0.3) is 0 Å². The van der Waals surface area contributed by atoms with Gasteiger partial charge in [-0.3, -0.25) is 15.2 Å². The van der Waals surface area contributed by atoms with Crippen molar-refractivity contribution in [3.63, 3.8) is 0 Å². The molecule has 0 unspecified atom stereocenters. The van der Waals surface area contributed by atoms with Crippen LogP contribution in [0.1, 0.15) is 19.2 Å². The first-order valence-corrected chi connectivity index (χ1v) is 4.86. The molecule has 84 valence electrons. The van der Waals surface area contributed by atoms with Crippen LogP contribution >= 0.6 is 0 Å². The summed E-state index contributed by atoms with van der Waals surface area (Å²) in [4.78, 5) is 14.0. The Morgan fingerprint density at radius 3 is 3.00 bits per heavy atom. The lowest BCUT2D eigenvalue weighted by molar-refractivity contribution is -0.401. The van der Waals surface area contributed by atoms with Gasteiger partial charge in [0, 0.05) is 6.42 Å². The highest BCUT2D eigenvalue weighted by atomic mass is 16.6. The number of hydrogen-bond donors (Lipinski definition) is 1. The molecular weight excluding hydrogens is 212 g/mol. The summed E-state index contributed by atoms with van der Waals surface area (Å²) >= 11 is 0. The Labute approximate surface area is 90.6 Å². The number of aryl methyl sites for hydroxylation is 1. The van der Waals surface area contributed by atoms with Gasteiger partial charge >= 0.3 is 5.88 Å². The Kier molecular flexibility index (Phi) is 2.67. The Morgan fingerprint density at radius 2 is 2.38 bits per heavy atom. The lowest BCUT2D eigenvalue weighted by Crippen LogP contribution is -1.85. The zero-order valence-electron chi connectivity index (χ0n) is 8.64. The van der Waals surface area contributed by atoms with Gasteiger partial charge in [-0.25, -0.2) is 4.98 Å². The first kappa shape index (κ1) is 10.3. The molecule has 0 fully saturated rings. The molecule has 0 atom stereocenters. The Hall–Kier alpha value is -2.18. The number of nitrogens with one attached hydrogen (secondary N) is 1. The smallest absolute Gasteiger partial charge is 0.397 e. The Bertz CT molecular complexity index is 502. The van der Waals surface area contributed by atoms with Crippen LogP contribution in [-0.4, -0.2) is 20.1 Å². The van der Waals surface area contributed by atoms with E-state index in [9.17, 15) is 10.1 Å². The van der Waals surface area contributed by atoms with Crippen molar-refractivity contribution in [1.29, 1.82) is 0 Å². The van der Waals surface area contributed by atoms with Gasteiger partial charge in [0.2, 0.25) is 5.82 Å². The van der Waals surface area contributed by atoms with Crippen molar-refractivity contribution in [2.45, 2.75) is 19.8 Å². The number of aromatic amines is 1. The molecule has 0 aliphatic carbocycles. The molecule has 2 aromatic rings. The van der Waals surface area contributed by atoms with E-state index in [1.165, 1.54) is 12.1 Å². The van der Waals surface area contributed by atoms with Crippen LogP contribution in [0.25, 0.3) is 11.6 Å². The second-order valence-electron chi connectivity index (χ2n) is 3.25. The fraction of sp³-hybridized carbons (Fsp3) is 0.333. The molecule has 0 saturated carbocycles. The molecule has 16 heavy (non-hydrogen) atoms. The van der Waals surface area contributed by atoms with E-state index in [4.69, 9.17) is 4.42 Å². The Balaban J connectivity index is 2.24. The van der Waals surface area contributed by atoms with Gasteiger partial charge in [0.15, 0.2) is 5.76 Å². The van der Waals surface area contributed by atoms with Crippen molar-refractivity contribution in [2.24, 2.45) is 0 Å². The second-order valence-corrected chi connectivity index (χ2v) is 3.25. The van der Waals surface area contributed by atoms with E-state index in [1.807, 2.05) is 6.92 Å². The summed E-state index contributed by atoms with van der Waals surface area (Å²) in [6.07, 6.45) is 1.74. The molecule has 7 nitrogen and oxygen atoms in total. The highest BCUT2D eigenvalue weighted by Gasteiger charge is 2.15. The van der Waals surface area contributed by atoms with E-state index in [2.05, 4.69) is 15.2 Å². The van der Waals surface area contributed by atoms with Gasteiger partial charge in [-0.1, -0.05) is 6.92 Å². The summed E-state index contributed by atoms with van der Waals surface area (Å²) in [7, 11) is 0. The average molecular weight is 222 g/mol. The van der Waals surface area contributed by atoms with Crippen molar-refractivity contribution >= 4 is 5.88 Å². The van der Waals surface area contributed by atoms with Crippen LogP contribution in [0.3, 0.4) is 0 Å². The van der Waals surface area contributed by atoms with E-state index in [-0.39, 0.29) is 5.88 Å². The quantitative estimate of drug-likeness (QED) is 0.629. The van der Waals surface area contributed by atoms with E-state index in [0.29, 0.717) is 11.6 Å². The fourth-order valence-electron chi connectivity index (χ4n) is 1.30. The zero-order valence-corrected chi connectivity index (χ0v) is 8.64. The number of hydrogen-bond acceptors (Lipinski definition) is 5. The number of nitro groups is 1. The average Bonchev–Trinajstić information content (AvgIpc) is 2.84. The normalized spacial score (nSPS) is 10.6. The van der Waals surface area contributed by atoms with Gasteiger partial charge < -0.3 is 4.42 Å². The largest absolute Gasteiger partial charge is 0.433 e. The van der Waals surface area contributed by atoms with Crippen LogP contribution in [0.15, 0.2) is 16.5 Å². The molecule has 2 heterocycles. The van der Waals surface area contributed by atoms with E-state index >= 15 is 0 Å².